The van der Waals surface area contributed by atoms with Crippen LogP contribution in [0.4, 0.5) is 5.82 Å². The van der Waals surface area contributed by atoms with Crippen molar-refractivity contribution in [2.45, 2.75) is 11.1 Å². The van der Waals surface area contributed by atoms with Gasteiger partial charge in [0.1, 0.15) is 5.82 Å². The molecule has 6 nitrogen and oxygen atoms in total. The van der Waals surface area contributed by atoms with E-state index < -0.39 is 10.0 Å². The summed E-state index contributed by atoms with van der Waals surface area (Å²) in [5.41, 5.74) is 0. The minimum absolute atomic E-state index is 0.0225. The molecule has 2 heterocycles. The maximum absolute atomic E-state index is 11.9. The van der Waals surface area contributed by atoms with Crippen LogP contribution in [0.1, 0.15) is 5.01 Å². The monoisotopic (exact) mass is 290 g/mol. The van der Waals surface area contributed by atoms with Gasteiger partial charge < -0.3 is 0 Å². The molecule has 0 aliphatic heterocycles. The van der Waals surface area contributed by atoms with E-state index >= 15 is 0 Å². The molecule has 9 heteroatoms. The molecule has 2 rings (SSSR count). The topological polar surface area (TPSA) is 84.8 Å². The second kappa shape index (κ2) is 4.55. The first-order valence-electron chi connectivity index (χ1n) is 4.41. The molecule has 0 bridgehead atoms. The molecule has 0 aliphatic rings. The Morgan fingerprint density at radius 3 is 2.76 bits per heavy atom. The first kappa shape index (κ1) is 12.2. The van der Waals surface area contributed by atoms with Gasteiger partial charge in [-0.25, -0.2) is 18.4 Å². The zero-order chi connectivity index (χ0) is 12.5. The molecule has 0 atom stereocenters. The number of thiazole rings is 1. The number of hydrogen-bond donors (Lipinski definition) is 1. The van der Waals surface area contributed by atoms with E-state index in [1.54, 1.807) is 6.92 Å². The lowest BCUT2D eigenvalue weighted by Gasteiger charge is -2.04. The zero-order valence-electron chi connectivity index (χ0n) is 8.58. The van der Waals surface area contributed by atoms with E-state index in [1.807, 2.05) is 0 Å². The molecule has 90 valence electrons. The van der Waals surface area contributed by atoms with Gasteiger partial charge in [-0.2, -0.15) is 4.98 Å². The molecule has 2 aromatic rings. The molecule has 0 unspecified atom stereocenters. The van der Waals surface area contributed by atoms with Crippen LogP contribution in [-0.4, -0.2) is 23.4 Å². The van der Waals surface area contributed by atoms with Gasteiger partial charge >= 0.3 is 0 Å². The summed E-state index contributed by atoms with van der Waals surface area (Å²) in [6.07, 6.45) is 2.66. The summed E-state index contributed by atoms with van der Waals surface area (Å²) in [6, 6.07) is 1.41. The minimum Gasteiger partial charge on any atom is -0.262 e. The van der Waals surface area contributed by atoms with Crippen molar-refractivity contribution in [3.05, 3.63) is 28.8 Å². The Bertz CT molecular complexity index is 640. The second-order valence-electron chi connectivity index (χ2n) is 3.01. The predicted octanol–water partition coefficient (Wildman–Crippen LogP) is 1.70. The smallest absolute Gasteiger partial charge is 0.262 e. The third-order valence-corrected chi connectivity index (χ3v) is 4.64. The van der Waals surface area contributed by atoms with E-state index in [2.05, 4.69) is 19.7 Å². The van der Waals surface area contributed by atoms with Crippen molar-refractivity contribution in [2.24, 2.45) is 0 Å². The van der Waals surface area contributed by atoms with E-state index in [0.717, 1.165) is 11.3 Å². The Morgan fingerprint density at radius 2 is 2.18 bits per heavy atom. The zero-order valence-corrected chi connectivity index (χ0v) is 11.0. The lowest BCUT2D eigenvalue weighted by Crippen LogP contribution is -2.12. The molecule has 0 fully saturated rings. The molecule has 0 spiro atoms. The van der Waals surface area contributed by atoms with E-state index in [0.29, 0.717) is 5.01 Å². The number of anilines is 1. The largest absolute Gasteiger partial charge is 0.274 e. The van der Waals surface area contributed by atoms with Crippen LogP contribution >= 0.6 is 22.9 Å². The fourth-order valence-electron chi connectivity index (χ4n) is 1.05. The summed E-state index contributed by atoms with van der Waals surface area (Å²) < 4.78 is 26.2. The van der Waals surface area contributed by atoms with Gasteiger partial charge in [0, 0.05) is 6.20 Å². The van der Waals surface area contributed by atoms with Crippen LogP contribution in [0.3, 0.4) is 0 Å². The lowest BCUT2D eigenvalue weighted by atomic mass is 10.6. The maximum Gasteiger partial charge on any atom is 0.274 e. The summed E-state index contributed by atoms with van der Waals surface area (Å²) in [7, 11) is -3.65. The summed E-state index contributed by atoms with van der Waals surface area (Å²) in [5, 5.41) is 0.650. The highest BCUT2D eigenvalue weighted by molar-refractivity contribution is 7.94. The van der Waals surface area contributed by atoms with Crippen molar-refractivity contribution < 1.29 is 8.42 Å². The molecular formula is C8H7ClN4O2S2. The molecule has 0 aliphatic carbocycles. The van der Waals surface area contributed by atoms with Crippen LogP contribution in [0.2, 0.25) is 5.28 Å². The normalized spacial score (nSPS) is 11.4. The Kier molecular flexibility index (Phi) is 3.27. The fourth-order valence-corrected chi connectivity index (χ4v) is 3.30. The van der Waals surface area contributed by atoms with Gasteiger partial charge in [-0.1, -0.05) is 0 Å². The van der Waals surface area contributed by atoms with Crippen LogP contribution in [0, 0.1) is 6.92 Å². The molecular weight excluding hydrogens is 284 g/mol. The first-order chi connectivity index (χ1) is 7.97. The number of sulfonamides is 1. The first-order valence-corrected chi connectivity index (χ1v) is 7.09. The Balaban J connectivity index is 2.29. The number of aromatic nitrogens is 3. The van der Waals surface area contributed by atoms with Crippen LogP contribution < -0.4 is 4.72 Å². The van der Waals surface area contributed by atoms with Gasteiger partial charge in [0.2, 0.25) is 5.28 Å². The van der Waals surface area contributed by atoms with E-state index in [-0.39, 0.29) is 15.3 Å². The maximum atomic E-state index is 11.9. The van der Waals surface area contributed by atoms with Crippen molar-refractivity contribution in [3.8, 4) is 0 Å². The Morgan fingerprint density at radius 1 is 1.41 bits per heavy atom. The van der Waals surface area contributed by atoms with E-state index in [9.17, 15) is 8.42 Å². The Labute approximate surface area is 107 Å². The van der Waals surface area contributed by atoms with Gasteiger partial charge in [-0.15, -0.1) is 11.3 Å². The number of halogens is 1. The third-order valence-electron chi connectivity index (χ3n) is 1.73. The number of hydrogen-bond acceptors (Lipinski definition) is 6. The van der Waals surface area contributed by atoms with Gasteiger partial charge in [0.25, 0.3) is 10.0 Å². The van der Waals surface area contributed by atoms with Crippen molar-refractivity contribution in [1.82, 2.24) is 15.0 Å². The van der Waals surface area contributed by atoms with Crippen LogP contribution in [-0.2, 0) is 10.0 Å². The highest BCUT2D eigenvalue weighted by atomic mass is 35.5. The van der Waals surface area contributed by atoms with Crippen LogP contribution in [0.25, 0.3) is 0 Å². The molecule has 0 radical (unpaired) electrons. The van der Waals surface area contributed by atoms with Crippen LogP contribution in [0.15, 0.2) is 22.7 Å². The van der Waals surface area contributed by atoms with Gasteiger partial charge in [-0.3, -0.25) is 4.72 Å². The average molecular weight is 291 g/mol. The molecule has 0 saturated heterocycles. The molecule has 0 amide bonds. The van der Waals surface area contributed by atoms with Crippen molar-refractivity contribution >= 4 is 38.8 Å². The summed E-state index contributed by atoms with van der Waals surface area (Å²) >= 11 is 6.64. The van der Waals surface area contributed by atoms with Crippen LogP contribution in [0.5, 0.6) is 0 Å². The number of rotatable bonds is 3. The van der Waals surface area contributed by atoms with Gasteiger partial charge in [0.05, 0.1) is 11.2 Å². The van der Waals surface area contributed by atoms with Crippen molar-refractivity contribution in [3.63, 3.8) is 0 Å². The molecule has 17 heavy (non-hydrogen) atoms. The average Bonchev–Trinajstić information content (AvgIpc) is 2.65. The van der Waals surface area contributed by atoms with Gasteiger partial charge in [-0.05, 0) is 24.6 Å². The molecule has 0 aromatic carbocycles. The SMILES string of the molecule is Cc1ncc(S(=O)(=O)Nc2ccnc(Cl)n2)s1. The minimum atomic E-state index is -3.65. The van der Waals surface area contributed by atoms with E-state index in [1.165, 1.54) is 18.5 Å². The summed E-state index contributed by atoms with van der Waals surface area (Å²) in [5.74, 6) is 0.121. The Hall–Kier alpha value is -1.25. The highest BCUT2D eigenvalue weighted by Crippen LogP contribution is 2.20. The van der Waals surface area contributed by atoms with Crippen molar-refractivity contribution in [2.75, 3.05) is 4.72 Å². The van der Waals surface area contributed by atoms with Crippen molar-refractivity contribution in [1.29, 1.82) is 0 Å². The second-order valence-corrected chi connectivity index (χ2v) is 6.50. The number of aryl methyl sites for hydroxylation is 1. The number of nitrogens with zero attached hydrogens (tertiary/aromatic N) is 3. The fraction of sp³-hybridized carbons (Fsp3) is 0.125. The predicted molar refractivity (Wildman–Crippen MR) is 64.7 cm³/mol. The molecule has 1 N–H and O–H groups in total. The third kappa shape index (κ3) is 2.90. The lowest BCUT2D eigenvalue weighted by molar-refractivity contribution is 0.603. The van der Waals surface area contributed by atoms with Gasteiger partial charge in [0.15, 0.2) is 4.21 Å². The number of nitrogens with one attached hydrogen (secondary N) is 1. The summed E-state index contributed by atoms with van der Waals surface area (Å²) in [4.78, 5) is 11.3. The standard InChI is InChI=1S/C8H7ClN4O2S2/c1-5-11-4-7(16-5)17(14,15)13-6-2-3-10-8(9)12-6/h2-4H,1H3,(H,10,12,13). The molecule has 2 aromatic heterocycles. The summed E-state index contributed by atoms with van der Waals surface area (Å²) in [6.45, 7) is 1.73. The molecule has 0 saturated carbocycles. The van der Waals surface area contributed by atoms with E-state index in [4.69, 9.17) is 11.6 Å². The quantitative estimate of drug-likeness (QED) is 0.870. The highest BCUT2D eigenvalue weighted by Gasteiger charge is 2.17.